The van der Waals surface area contributed by atoms with Crippen LogP contribution in [-0.2, 0) is 11.3 Å². The van der Waals surface area contributed by atoms with E-state index in [1.807, 2.05) is 30.3 Å². The van der Waals surface area contributed by atoms with Crippen LogP contribution in [0.4, 0.5) is 0 Å². The molecule has 120 valence electrons. The Kier molecular flexibility index (Phi) is 3.78. The van der Waals surface area contributed by atoms with Crippen LogP contribution in [-0.4, -0.2) is 50.1 Å². The van der Waals surface area contributed by atoms with Crippen LogP contribution in [0.5, 0.6) is 0 Å². The van der Waals surface area contributed by atoms with Gasteiger partial charge in [-0.2, -0.15) is 4.68 Å². The predicted molar refractivity (Wildman–Crippen MR) is 83.7 cm³/mol. The van der Waals surface area contributed by atoms with Crippen molar-refractivity contribution < 1.29 is 4.79 Å². The molecule has 23 heavy (non-hydrogen) atoms. The molecule has 3 saturated heterocycles. The van der Waals surface area contributed by atoms with Crippen LogP contribution in [0.25, 0.3) is 5.69 Å². The van der Waals surface area contributed by atoms with Crippen LogP contribution >= 0.6 is 0 Å². The lowest BCUT2D eigenvalue weighted by atomic mass is 9.83. The van der Waals surface area contributed by atoms with E-state index in [4.69, 9.17) is 0 Å². The summed E-state index contributed by atoms with van der Waals surface area (Å²) in [5.74, 6) is 1.45. The molecule has 5 rings (SSSR count). The monoisotopic (exact) mass is 312 g/mol. The SMILES string of the molecule is O=C(NCc1nnnn1-c1ccccc1)C1CC2CCN1CC2. The first-order valence-corrected chi connectivity index (χ1v) is 8.16. The van der Waals surface area contributed by atoms with Crippen LogP contribution in [0.15, 0.2) is 30.3 Å². The lowest BCUT2D eigenvalue weighted by molar-refractivity contribution is -0.130. The smallest absolute Gasteiger partial charge is 0.237 e. The highest BCUT2D eigenvalue weighted by Crippen LogP contribution is 2.31. The summed E-state index contributed by atoms with van der Waals surface area (Å²) in [6.45, 7) is 2.44. The van der Waals surface area contributed by atoms with Crippen molar-refractivity contribution in [3.8, 4) is 5.69 Å². The Morgan fingerprint density at radius 3 is 2.70 bits per heavy atom. The summed E-state index contributed by atoms with van der Waals surface area (Å²) in [6.07, 6.45) is 3.45. The van der Waals surface area contributed by atoms with Crippen molar-refractivity contribution in [2.75, 3.05) is 13.1 Å². The number of nitrogens with zero attached hydrogens (tertiary/aromatic N) is 5. The van der Waals surface area contributed by atoms with Gasteiger partial charge in [0.15, 0.2) is 5.82 Å². The van der Waals surface area contributed by atoms with Crippen molar-refractivity contribution in [3.63, 3.8) is 0 Å². The molecule has 2 aromatic rings. The highest BCUT2D eigenvalue weighted by molar-refractivity contribution is 5.81. The zero-order valence-electron chi connectivity index (χ0n) is 12.9. The van der Waals surface area contributed by atoms with E-state index in [9.17, 15) is 4.79 Å². The second kappa shape index (κ2) is 6.08. The molecule has 3 fully saturated rings. The maximum Gasteiger partial charge on any atom is 0.237 e. The number of fused-ring (bicyclic) bond motifs is 3. The first kappa shape index (κ1) is 14.3. The van der Waals surface area contributed by atoms with Crippen molar-refractivity contribution in [3.05, 3.63) is 36.2 Å². The Balaban J connectivity index is 1.42. The van der Waals surface area contributed by atoms with E-state index < -0.39 is 0 Å². The van der Waals surface area contributed by atoms with Gasteiger partial charge < -0.3 is 5.32 Å². The van der Waals surface area contributed by atoms with Crippen molar-refractivity contribution in [2.45, 2.75) is 31.8 Å². The molecule has 1 atom stereocenters. The van der Waals surface area contributed by atoms with Crippen LogP contribution in [0, 0.1) is 5.92 Å². The molecule has 1 aromatic heterocycles. The van der Waals surface area contributed by atoms with E-state index in [1.54, 1.807) is 4.68 Å². The Hall–Kier alpha value is -2.28. The van der Waals surface area contributed by atoms with E-state index in [0.29, 0.717) is 18.3 Å². The summed E-state index contributed by atoms with van der Waals surface area (Å²) in [7, 11) is 0. The molecular weight excluding hydrogens is 292 g/mol. The molecule has 1 N–H and O–H groups in total. The number of para-hydroxylation sites is 1. The van der Waals surface area contributed by atoms with Gasteiger partial charge in [-0.05, 0) is 60.8 Å². The third kappa shape index (κ3) is 2.84. The van der Waals surface area contributed by atoms with Gasteiger partial charge in [0.2, 0.25) is 5.91 Å². The number of nitrogens with one attached hydrogen (secondary N) is 1. The molecule has 1 unspecified atom stereocenters. The molecule has 2 bridgehead atoms. The quantitative estimate of drug-likeness (QED) is 0.902. The highest BCUT2D eigenvalue weighted by atomic mass is 16.2. The molecule has 7 nitrogen and oxygen atoms in total. The number of carbonyl (C=O) groups is 1. The Morgan fingerprint density at radius 1 is 1.22 bits per heavy atom. The van der Waals surface area contributed by atoms with Crippen LogP contribution in [0.3, 0.4) is 0 Å². The number of amides is 1. The Morgan fingerprint density at radius 2 is 2.00 bits per heavy atom. The lowest BCUT2D eigenvalue weighted by Gasteiger charge is -2.44. The third-order valence-corrected chi connectivity index (χ3v) is 4.90. The number of piperidine rings is 3. The first-order chi connectivity index (χ1) is 11.3. The molecule has 0 saturated carbocycles. The maximum absolute atomic E-state index is 12.5. The topological polar surface area (TPSA) is 75.9 Å². The summed E-state index contributed by atoms with van der Waals surface area (Å²) < 4.78 is 1.66. The predicted octanol–water partition coefficient (Wildman–Crippen LogP) is 0.763. The minimum atomic E-state index is 0.0172. The average Bonchev–Trinajstić information content (AvgIpc) is 3.10. The first-order valence-electron chi connectivity index (χ1n) is 8.16. The molecule has 7 heteroatoms. The summed E-state index contributed by atoms with van der Waals surface area (Å²) in [4.78, 5) is 14.8. The fourth-order valence-corrected chi connectivity index (χ4v) is 3.61. The molecular formula is C16H20N6O. The van der Waals surface area contributed by atoms with Crippen LogP contribution in [0.2, 0.25) is 0 Å². The van der Waals surface area contributed by atoms with Gasteiger partial charge in [0, 0.05) is 0 Å². The minimum Gasteiger partial charge on any atom is -0.347 e. The maximum atomic E-state index is 12.5. The zero-order chi connectivity index (χ0) is 15.6. The van der Waals surface area contributed by atoms with E-state index in [0.717, 1.165) is 25.2 Å². The van der Waals surface area contributed by atoms with Crippen LogP contribution in [0.1, 0.15) is 25.1 Å². The van der Waals surface area contributed by atoms with E-state index >= 15 is 0 Å². The van der Waals surface area contributed by atoms with Gasteiger partial charge in [0.05, 0.1) is 18.3 Å². The minimum absolute atomic E-state index is 0.0172. The largest absolute Gasteiger partial charge is 0.347 e. The third-order valence-electron chi connectivity index (χ3n) is 4.90. The zero-order valence-corrected chi connectivity index (χ0v) is 12.9. The normalized spacial score (nSPS) is 26.2. The number of hydrogen-bond donors (Lipinski definition) is 1. The van der Waals surface area contributed by atoms with Gasteiger partial charge in [-0.15, -0.1) is 5.10 Å². The van der Waals surface area contributed by atoms with Gasteiger partial charge >= 0.3 is 0 Å². The number of tetrazole rings is 1. The number of benzene rings is 1. The Bertz CT molecular complexity index is 677. The second-order valence-corrected chi connectivity index (χ2v) is 6.29. The van der Waals surface area contributed by atoms with E-state index in [2.05, 4.69) is 25.7 Å². The van der Waals surface area contributed by atoms with E-state index in [1.165, 1.54) is 12.8 Å². The molecule has 0 spiro atoms. The summed E-state index contributed by atoms with van der Waals surface area (Å²) in [5, 5.41) is 14.8. The van der Waals surface area contributed by atoms with Gasteiger partial charge in [0.1, 0.15) is 0 Å². The summed E-state index contributed by atoms with van der Waals surface area (Å²) in [5.41, 5.74) is 0.891. The van der Waals surface area contributed by atoms with Crippen molar-refractivity contribution in [1.82, 2.24) is 30.4 Å². The summed E-state index contributed by atoms with van der Waals surface area (Å²) >= 11 is 0. The van der Waals surface area contributed by atoms with Gasteiger partial charge in [-0.3, -0.25) is 9.69 Å². The van der Waals surface area contributed by atoms with Crippen molar-refractivity contribution in [1.29, 1.82) is 0 Å². The van der Waals surface area contributed by atoms with Gasteiger partial charge in [-0.25, -0.2) is 0 Å². The van der Waals surface area contributed by atoms with Gasteiger partial charge in [0.25, 0.3) is 0 Å². The second-order valence-electron chi connectivity index (χ2n) is 6.29. The number of carbonyl (C=O) groups excluding carboxylic acids is 1. The standard InChI is InChI=1S/C16H20N6O/c23-16(14-10-12-6-8-21(14)9-7-12)17-11-15-18-19-20-22(15)13-4-2-1-3-5-13/h1-5,12,14H,6-11H2,(H,17,23). The van der Waals surface area contributed by atoms with Gasteiger partial charge in [-0.1, -0.05) is 18.2 Å². The molecule has 3 aliphatic heterocycles. The number of aromatic nitrogens is 4. The summed E-state index contributed by atoms with van der Waals surface area (Å²) in [6, 6.07) is 9.71. The molecule has 1 amide bonds. The number of hydrogen-bond acceptors (Lipinski definition) is 5. The molecule has 0 radical (unpaired) electrons. The highest BCUT2D eigenvalue weighted by Gasteiger charge is 2.37. The van der Waals surface area contributed by atoms with E-state index in [-0.39, 0.29) is 11.9 Å². The Labute approximate surface area is 134 Å². The molecule has 4 heterocycles. The molecule has 1 aromatic carbocycles. The average molecular weight is 312 g/mol. The molecule has 0 aliphatic carbocycles. The molecule has 3 aliphatic rings. The fraction of sp³-hybridized carbons (Fsp3) is 0.500. The lowest BCUT2D eigenvalue weighted by Crippen LogP contribution is -2.55. The number of rotatable bonds is 4. The fourth-order valence-electron chi connectivity index (χ4n) is 3.61. The van der Waals surface area contributed by atoms with Crippen LogP contribution < -0.4 is 5.32 Å². The van der Waals surface area contributed by atoms with Crippen molar-refractivity contribution >= 4 is 5.91 Å². The van der Waals surface area contributed by atoms with Crippen molar-refractivity contribution in [2.24, 2.45) is 5.92 Å².